The predicted molar refractivity (Wildman–Crippen MR) is 76.7 cm³/mol. The van der Waals surface area contributed by atoms with Gasteiger partial charge in [-0.3, -0.25) is 0 Å². The lowest BCUT2D eigenvalue weighted by atomic mass is 10.2. The molecule has 9 heteroatoms. The number of halogens is 1. The minimum Gasteiger partial charge on any atom is -0.494 e. The van der Waals surface area contributed by atoms with E-state index in [1.807, 2.05) is 6.26 Å². The number of hydrogen-bond donors (Lipinski definition) is 1. The Kier molecular flexibility index (Phi) is 3.34. The van der Waals surface area contributed by atoms with Gasteiger partial charge in [-0.2, -0.15) is 19.5 Å². The van der Waals surface area contributed by atoms with E-state index in [-0.39, 0.29) is 11.7 Å². The summed E-state index contributed by atoms with van der Waals surface area (Å²) in [7, 11) is 1.40. The highest BCUT2D eigenvalue weighted by Crippen LogP contribution is 2.25. The average molecular weight is 306 g/mol. The van der Waals surface area contributed by atoms with Crippen molar-refractivity contribution in [3.63, 3.8) is 0 Å². The molecule has 2 heterocycles. The van der Waals surface area contributed by atoms with Gasteiger partial charge in [0.05, 0.1) is 7.11 Å². The zero-order valence-electron chi connectivity index (χ0n) is 11.2. The summed E-state index contributed by atoms with van der Waals surface area (Å²) >= 11 is 1.36. The van der Waals surface area contributed by atoms with Gasteiger partial charge < -0.3 is 10.5 Å². The lowest BCUT2D eigenvalue weighted by Gasteiger charge is -2.02. The zero-order chi connectivity index (χ0) is 15.0. The van der Waals surface area contributed by atoms with Gasteiger partial charge in [0, 0.05) is 5.56 Å². The zero-order valence-corrected chi connectivity index (χ0v) is 12.1. The first-order valence-corrected chi connectivity index (χ1v) is 7.13. The summed E-state index contributed by atoms with van der Waals surface area (Å²) in [4.78, 5) is 12.6. The van der Waals surface area contributed by atoms with Crippen LogP contribution in [-0.4, -0.2) is 37.9 Å². The molecule has 3 aromatic rings. The molecule has 0 saturated heterocycles. The highest BCUT2D eigenvalue weighted by Gasteiger charge is 2.13. The Morgan fingerprint density at radius 2 is 2.10 bits per heavy atom. The number of aromatic nitrogens is 5. The molecule has 0 aliphatic heterocycles. The van der Waals surface area contributed by atoms with Gasteiger partial charge in [0.2, 0.25) is 5.95 Å². The molecule has 0 spiro atoms. The Labute approximate surface area is 123 Å². The fourth-order valence-electron chi connectivity index (χ4n) is 1.80. The number of thioether (sulfide) groups is 1. The molecule has 0 bridgehead atoms. The third kappa shape index (κ3) is 2.35. The van der Waals surface area contributed by atoms with Gasteiger partial charge in [-0.15, -0.1) is 5.10 Å². The van der Waals surface area contributed by atoms with Crippen molar-refractivity contribution in [3.05, 3.63) is 24.0 Å². The molecular weight excluding hydrogens is 295 g/mol. The third-order valence-corrected chi connectivity index (χ3v) is 3.35. The van der Waals surface area contributed by atoms with E-state index in [9.17, 15) is 4.39 Å². The van der Waals surface area contributed by atoms with Crippen LogP contribution in [0.15, 0.2) is 23.4 Å². The number of hydrogen-bond acceptors (Lipinski definition) is 7. The summed E-state index contributed by atoms with van der Waals surface area (Å²) in [6.45, 7) is 0. The van der Waals surface area contributed by atoms with Crippen molar-refractivity contribution in [2.45, 2.75) is 5.16 Å². The van der Waals surface area contributed by atoms with Crippen molar-refractivity contribution < 1.29 is 9.13 Å². The first kappa shape index (κ1) is 13.6. The number of nitrogens with two attached hydrogens (primary N) is 1. The van der Waals surface area contributed by atoms with E-state index in [2.05, 4.69) is 20.1 Å². The average Bonchev–Trinajstić information content (AvgIpc) is 2.92. The van der Waals surface area contributed by atoms with Crippen molar-refractivity contribution >= 4 is 23.5 Å². The fourth-order valence-corrected chi connectivity index (χ4v) is 2.16. The number of anilines is 1. The second-order valence-corrected chi connectivity index (χ2v) is 4.84. The first-order chi connectivity index (χ1) is 10.1. The summed E-state index contributed by atoms with van der Waals surface area (Å²) in [6, 6.07) is 4.37. The smallest absolute Gasteiger partial charge is 0.258 e. The molecule has 2 aromatic heterocycles. The third-order valence-electron chi connectivity index (χ3n) is 2.80. The minimum atomic E-state index is -0.450. The fraction of sp³-hybridized carbons (Fsp3) is 0.167. The molecule has 2 N–H and O–H groups in total. The number of rotatable bonds is 3. The van der Waals surface area contributed by atoms with Crippen LogP contribution in [0.1, 0.15) is 0 Å². The number of benzene rings is 1. The lowest BCUT2D eigenvalue weighted by molar-refractivity contribution is 0.387. The van der Waals surface area contributed by atoms with Crippen molar-refractivity contribution in [2.75, 3.05) is 19.1 Å². The second-order valence-electron chi connectivity index (χ2n) is 4.07. The summed E-state index contributed by atoms with van der Waals surface area (Å²) in [6.07, 6.45) is 1.84. The second kappa shape index (κ2) is 5.17. The standard InChI is InChI=1S/C12H11FN6OS/c1-20-8-5-6(3-4-7(8)13)9-15-11-17-12(21-2)16-10(14)19(11)18-9/h3-5H,1-2H3,(H2,14,15,16,17,18). The van der Waals surface area contributed by atoms with Gasteiger partial charge >= 0.3 is 0 Å². The summed E-state index contributed by atoms with van der Waals surface area (Å²) in [5.74, 6) is 0.569. The molecule has 0 fully saturated rings. The number of fused-ring (bicyclic) bond motifs is 1. The van der Waals surface area contributed by atoms with E-state index in [1.165, 1.54) is 35.5 Å². The molecule has 0 unspecified atom stereocenters. The first-order valence-electron chi connectivity index (χ1n) is 5.90. The molecule has 0 atom stereocenters. The molecule has 0 saturated carbocycles. The highest BCUT2D eigenvalue weighted by atomic mass is 32.2. The van der Waals surface area contributed by atoms with Crippen molar-refractivity contribution in [1.82, 2.24) is 24.6 Å². The number of nitrogen functional groups attached to an aromatic ring is 1. The van der Waals surface area contributed by atoms with E-state index < -0.39 is 5.82 Å². The van der Waals surface area contributed by atoms with Crippen LogP contribution >= 0.6 is 11.8 Å². The normalized spacial score (nSPS) is 11.0. The van der Waals surface area contributed by atoms with Gasteiger partial charge in [0.15, 0.2) is 22.5 Å². The summed E-state index contributed by atoms with van der Waals surface area (Å²) in [5.41, 5.74) is 6.42. The van der Waals surface area contributed by atoms with Crippen molar-refractivity contribution in [1.29, 1.82) is 0 Å². The summed E-state index contributed by atoms with van der Waals surface area (Å²) in [5, 5.41) is 4.74. The van der Waals surface area contributed by atoms with Gasteiger partial charge in [-0.1, -0.05) is 11.8 Å². The maximum Gasteiger partial charge on any atom is 0.258 e. The topological polar surface area (TPSA) is 91.2 Å². The molecule has 3 rings (SSSR count). The van der Waals surface area contributed by atoms with Gasteiger partial charge in [0.25, 0.3) is 5.78 Å². The molecule has 7 nitrogen and oxygen atoms in total. The molecule has 108 valence electrons. The van der Waals surface area contributed by atoms with Crippen LogP contribution in [0.2, 0.25) is 0 Å². The van der Waals surface area contributed by atoms with E-state index >= 15 is 0 Å². The minimum absolute atomic E-state index is 0.121. The molecule has 0 radical (unpaired) electrons. The predicted octanol–water partition coefficient (Wildman–Crippen LogP) is 1.64. The lowest BCUT2D eigenvalue weighted by Crippen LogP contribution is -2.04. The van der Waals surface area contributed by atoms with Crippen LogP contribution in [-0.2, 0) is 0 Å². The van der Waals surface area contributed by atoms with Crippen LogP contribution in [0, 0.1) is 5.82 Å². The molecule has 21 heavy (non-hydrogen) atoms. The Bertz CT molecular complexity index is 821. The molecule has 0 aliphatic carbocycles. The molecule has 1 aromatic carbocycles. The van der Waals surface area contributed by atoms with Crippen molar-refractivity contribution in [2.24, 2.45) is 0 Å². The SMILES string of the molecule is COc1cc(-c2nc3nc(SC)nc(N)n3n2)ccc1F. The van der Waals surface area contributed by atoms with E-state index in [4.69, 9.17) is 10.5 Å². The van der Waals surface area contributed by atoms with Crippen LogP contribution in [0.5, 0.6) is 5.75 Å². The van der Waals surface area contributed by atoms with Gasteiger partial charge in [-0.05, 0) is 24.5 Å². The number of nitrogens with zero attached hydrogens (tertiary/aromatic N) is 5. The van der Waals surface area contributed by atoms with Crippen LogP contribution in [0.3, 0.4) is 0 Å². The monoisotopic (exact) mass is 306 g/mol. The van der Waals surface area contributed by atoms with Gasteiger partial charge in [0.1, 0.15) is 0 Å². The number of methoxy groups -OCH3 is 1. The largest absolute Gasteiger partial charge is 0.494 e. The Morgan fingerprint density at radius 1 is 1.29 bits per heavy atom. The molecular formula is C12H11FN6OS. The Morgan fingerprint density at radius 3 is 2.81 bits per heavy atom. The van der Waals surface area contributed by atoms with E-state index in [0.717, 1.165) is 0 Å². The van der Waals surface area contributed by atoms with Crippen LogP contribution in [0.4, 0.5) is 10.3 Å². The van der Waals surface area contributed by atoms with E-state index in [0.29, 0.717) is 22.3 Å². The Hall–Kier alpha value is -2.42. The van der Waals surface area contributed by atoms with E-state index in [1.54, 1.807) is 6.07 Å². The highest BCUT2D eigenvalue weighted by molar-refractivity contribution is 7.98. The Balaban J connectivity index is 2.15. The van der Waals surface area contributed by atoms with Crippen LogP contribution in [0.25, 0.3) is 17.2 Å². The quantitative estimate of drug-likeness (QED) is 0.735. The molecule has 0 amide bonds. The van der Waals surface area contributed by atoms with Gasteiger partial charge in [-0.25, -0.2) is 4.39 Å². The maximum atomic E-state index is 13.4. The number of ether oxygens (including phenoxy) is 1. The van der Waals surface area contributed by atoms with Crippen molar-refractivity contribution in [3.8, 4) is 17.1 Å². The summed E-state index contributed by atoms with van der Waals surface area (Å²) < 4.78 is 19.7. The maximum absolute atomic E-state index is 13.4. The van der Waals surface area contributed by atoms with Crippen LogP contribution < -0.4 is 10.5 Å². The molecule has 0 aliphatic rings.